The number of carbonyl (C=O) groups excluding carboxylic acids is 1. The monoisotopic (exact) mass is 372 g/mol. The lowest BCUT2D eigenvalue weighted by Gasteiger charge is -2.28. The minimum absolute atomic E-state index is 0.0690. The van der Waals surface area contributed by atoms with E-state index in [1.54, 1.807) is 4.90 Å². The van der Waals surface area contributed by atoms with Gasteiger partial charge in [-0.1, -0.05) is 6.07 Å². The number of nitrogens with zero attached hydrogens (tertiary/aromatic N) is 3. The van der Waals surface area contributed by atoms with E-state index in [9.17, 15) is 4.79 Å². The third-order valence-electron chi connectivity index (χ3n) is 5.04. The van der Waals surface area contributed by atoms with Crippen molar-refractivity contribution < 1.29 is 14.3 Å². The number of aryl methyl sites for hydroxylation is 2. The van der Waals surface area contributed by atoms with Crippen molar-refractivity contribution >= 4 is 5.91 Å². The van der Waals surface area contributed by atoms with Crippen LogP contribution >= 0.6 is 0 Å². The molecule has 1 unspecified atom stereocenters. The average molecular weight is 372 g/mol. The molecule has 3 rings (SSSR count). The Labute approximate surface area is 160 Å². The summed E-state index contributed by atoms with van der Waals surface area (Å²) >= 11 is 0. The Morgan fingerprint density at radius 3 is 2.63 bits per heavy atom. The van der Waals surface area contributed by atoms with E-state index in [1.165, 1.54) is 5.56 Å². The number of nitrogens with one attached hydrogen (secondary N) is 1. The summed E-state index contributed by atoms with van der Waals surface area (Å²) in [4.78, 5) is 16.8. The second-order valence-electron chi connectivity index (χ2n) is 7.25. The van der Waals surface area contributed by atoms with Crippen molar-refractivity contribution in [1.29, 1.82) is 0 Å². The van der Waals surface area contributed by atoms with Crippen molar-refractivity contribution in [2.24, 2.45) is 0 Å². The van der Waals surface area contributed by atoms with Gasteiger partial charge in [0.2, 0.25) is 12.7 Å². The molecular formula is C20H28N4O3. The summed E-state index contributed by atoms with van der Waals surface area (Å²) in [5, 5.41) is 7.25. The molecule has 2 heterocycles. The summed E-state index contributed by atoms with van der Waals surface area (Å²) in [6, 6.07) is 5.34. The number of benzene rings is 1. The number of fused-ring (bicyclic) bond motifs is 1. The maximum Gasteiger partial charge on any atom is 0.244 e. The Hall–Kier alpha value is -2.54. The van der Waals surface area contributed by atoms with Crippen LogP contribution in [0, 0.1) is 13.8 Å². The molecule has 0 radical (unpaired) electrons. The lowest BCUT2D eigenvalue weighted by atomic mass is 10.0. The number of hydrogen-bond acceptors (Lipinski definition) is 5. The molecule has 0 saturated heterocycles. The quantitative estimate of drug-likeness (QED) is 0.808. The Bertz CT molecular complexity index is 796. The molecular weight excluding hydrogens is 344 g/mol. The van der Waals surface area contributed by atoms with E-state index in [2.05, 4.69) is 10.2 Å². The topological polar surface area (TPSA) is 70.7 Å². The van der Waals surface area contributed by atoms with Crippen LogP contribution in [0.15, 0.2) is 18.2 Å². The predicted molar refractivity (Wildman–Crippen MR) is 103 cm³/mol. The number of carbonyl (C=O) groups is 1. The van der Waals surface area contributed by atoms with Crippen LogP contribution in [0.1, 0.15) is 35.0 Å². The molecule has 7 heteroatoms. The first kappa shape index (κ1) is 19.2. The number of amides is 1. The molecule has 7 nitrogen and oxygen atoms in total. The van der Waals surface area contributed by atoms with Crippen LogP contribution in [-0.4, -0.2) is 60.4 Å². The van der Waals surface area contributed by atoms with Crippen LogP contribution in [0.4, 0.5) is 0 Å². The number of H-pyrrole nitrogens is 1. The molecule has 146 valence electrons. The molecule has 2 aromatic rings. The first-order valence-electron chi connectivity index (χ1n) is 9.20. The third kappa shape index (κ3) is 4.08. The van der Waals surface area contributed by atoms with Crippen molar-refractivity contribution in [2.45, 2.75) is 32.7 Å². The van der Waals surface area contributed by atoms with Crippen molar-refractivity contribution in [3.8, 4) is 11.5 Å². The minimum atomic E-state index is -0.359. The van der Waals surface area contributed by atoms with Gasteiger partial charge in [0.1, 0.15) is 6.04 Å². The summed E-state index contributed by atoms with van der Waals surface area (Å²) in [7, 11) is 5.69. The lowest BCUT2D eigenvalue weighted by molar-refractivity contribution is -0.135. The van der Waals surface area contributed by atoms with Gasteiger partial charge < -0.3 is 14.4 Å². The van der Waals surface area contributed by atoms with E-state index >= 15 is 0 Å². The van der Waals surface area contributed by atoms with Crippen molar-refractivity contribution in [3.05, 3.63) is 40.7 Å². The molecule has 1 aromatic heterocycles. The first-order chi connectivity index (χ1) is 12.9. The Morgan fingerprint density at radius 1 is 1.22 bits per heavy atom. The summed E-state index contributed by atoms with van der Waals surface area (Å²) < 4.78 is 10.8. The van der Waals surface area contributed by atoms with Crippen LogP contribution in [0.2, 0.25) is 0 Å². The minimum Gasteiger partial charge on any atom is -0.454 e. The van der Waals surface area contributed by atoms with Gasteiger partial charge in [-0.25, -0.2) is 0 Å². The Morgan fingerprint density at radius 2 is 1.96 bits per heavy atom. The van der Waals surface area contributed by atoms with Gasteiger partial charge in [-0.2, -0.15) is 5.10 Å². The van der Waals surface area contributed by atoms with Gasteiger partial charge in [-0.3, -0.25) is 14.8 Å². The highest BCUT2D eigenvalue weighted by atomic mass is 16.7. The molecule has 0 spiro atoms. The maximum absolute atomic E-state index is 13.1. The summed E-state index contributed by atoms with van der Waals surface area (Å²) in [6.07, 6.45) is 1.80. The number of aromatic amines is 1. The van der Waals surface area contributed by atoms with E-state index in [-0.39, 0.29) is 18.7 Å². The largest absolute Gasteiger partial charge is 0.454 e. The number of hydrogen-bond donors (Lipinski definition) is 1. The Kier molecular flexibility index (Phi) is 5.70. The average Bonchev–Trinajstić information content (AvgIpc) is 3.22. The van der Waals surface area contributed by atoms with Gasteiger partial charge in [0, 0.05) is 19.3 Å². The van der Waals surface area contributed by atoms with Crippen molar-refractivity contribution in [1.82, 2.24) is 20.0 Å². The normalized spacial score (nSPS) is 13.9. The zero-order valence-corrected chi connectivity index (χ0v) is 16.7. The second kappa shape index (κ2) is 8.00. The van der Waals surface area contributed by atoms with Gasteiger partial charge in [0.25, 0.3) is 0 Å². The van der Waals surface area contributed by atoms with Gasteiger partial charge in [0.15, 0.2) is 11.5 Å². The van der Waals surface area contributed by atoms with Gasteiger partial charge >= 0.3 is 0 Å². The zero-order chi connectivity index (χ0) is 19.6. The molecule has 1 aliphatic heterocycles. The van der Waals surface area contributed by atoms with E-state index in [1.807, 2.05) is 58.1 Å². The highest BCUT2D eigenvalue weighted by Gasteiger charge is 2.27. The van der Waals surface area contributed by atoms with Gasteiger partial charge in [0.05, 0.1) is 5.69 Å². The van der Waals surface area contributed by atoms with Crippen LogP contribution in [0.25, 0.3) is 0 Å². The smallest absolute Gasteiger partial charge is 0.244 e. The molecule has 1 atom stereocenters. The van der Waals surface area contributed by atoms with Crippen LogP contribution in [0.5, 0.6) is 11.5 Å². The fraction of sp³-hybridized carbons (Fsp3) is 0.500. The SMILES string of the molecule is Cc1n[nH]c(C)c1CCCN(C)C(=O)C(c1ccc2c(c1)OCO2)N(C)C. The molecule has 1 amide bonds. The molecule has 0 bridgehead atoms. The molecule has 1 N–H and O–H groups in total. The molecule has 1 aromatic carbocycles. The third-order valence-corrected chi connectivity index (χ3v) is 5.04. The predicted octanol–water partition coefficient (Wildman–Crippen LogP) is 2.45. The fourth-order valence-corrected chi connectivity index (χ4v) is 3.50. The van der Waals surface area contributed by atoms with E-state index in [0.717, 1.165) is 35.5 Å². The van der Waals surface area contributed by atoms with Gasteiger partial charge in [-0.15, -0.1) is 0 Å². The highest BCUT2D eigenvalue weighted by molar-refractivity contribution is 5.83. The number of rotatable bonds is 7. The summed E-state index contributed by atoms with van der Waals surface area (Å²) in [5.41, 5.74) is 4.29. The van der Waals surface area contributed by atoms with Gasteiger partial charge in [-0.05, 0) is 64.0 Å². The van der Waals surface area contributed by atoms with E-state index in [0.29, 0.717) is 12.3 Å². The number of aromatic nitrogens is 2. The zero-order valence-electron chi connectivity index (χ0n) is 16.7. The van der Waals surface area contributed by atoms with Crippen LogP contribution in [-0.2, 0) is 11.2 Å². The molecule has 1 aliphatic rings. The molecule has 0 aliphatic carbocycles. The van der Waals surface area contributed by atoms with E-state index in [4.69, 9.17) is 9.47 Å². The maximum atomic E-state index is 13.1. The number of ether oxygens (including phenoxy) is 2. The Balaban J connectivity index is 1.65. The summed E-state index contributed by atoms with van der Waals surface area (Å²) in [6.45, 7) is 4.96. The van der Waals surface area contributed by atoms with Crippen LogP contribution < -0.4 is 9.47 Å². The number of likely N-dealkylation sites (N-methyl/N-ethyl adjacent to an activating group) is 2. The van der Waals surface area contributed by atoms with Crippen molar-refractivity contribution in [3.63, 3.8) is 0 Å². The highest BCUT2D eigenvalue weighted by Crippen LogP contribution is 2.35. The lowest BCUT2D eigenvalue weighted by Crippen LogP contribution is -2.39. The first-order valence-corrected chi connectivity index (χ1v) is 9.20. The molecule has 0 saturated carbocycles. The van der Waals surface area contributed by atoms with E-state index < -0.39 is 0 Å². The molecule has 27 heavy (non-hydrogen) atoms. The fourth-order valence-electron chi connectivity index (χ4n) is 3.50. The second-order valence-corrected chi connectivity index (χ2v) is 7.25. The van der Waals surface area contributed by atoms with Crippen LogP contribution in [0.3, 0.4) is 0 Å². The summed E-state index contributed by atoms with van der Waals surface area (Å²) in [5.74, 6) is 1.49. The standard InChI is InChI=1S/C20H28N4O3/c1-13-16(14(2)22-21-13)7-6-10-24(5)20(25)19(23(3)4)15-8-9-17-18(11-15)27-12-26-17/h8-9,11,19H,6-7,10,12H2,1-5H3,(H,21,22). The molecule has 0 fully saturated rings. The van der Waals surface area contributed by atoms with Crippen molar-refractivity contribution in [2.75, 3.05) is 34.5 Å².